The summed E-state index contributed by atoms with van der Waals surface area (Å²) in [5.41, 5.74) is 0. The fourth-order valence-electron chi connectivity index (χ4n) is 4.11. The molecular formula is C25H29BrO3SSi. The van der Waals surface area contributed by atoms with E-state index in [2.05, 4.69) is 29.8 Å². The first-order valence-electron chi connectivity index (χ1n) is 10.5. The molecule has 0 spiro atoms. The standard InChI is InChI=1S/C25H29BrO3SSi/c1-25(2,19-9-10-20-30(27,28)22-17-15-21(26)16-18-22)31(29,23-11-5-3-6-12-23)24-13-7-4-8-14-24/h3-8,11-18,29H,9-10,19-20H2,1-2H3. The Balaban J connectivity index is 1.75. The molecule has 0 heterocycles. The zero-order valence-corrected chi connectivity index (χ0v) is 21.4. The number of halogens is 1. The molecule has 0 saturated heterocycles. The number of hydrogen-bond acceptors (Lipinski definition) is 3. The summed E-state index contributed by atoms with van der Waals surface area (Å²) < 4.78 is 26.2. The molecule has 0 aromatic heterocycles. The van der Waals surface area contributed by atoms with Crippen molar-refractivity contribution in [2.24, 2.45) is 0 Å². The highest BCUT2D eigenvalue weighted by atomic mass is 79.9. The van der Waals surface area contributed by atoms with E-state index in [1.54, 1.807) is 24.3 Å². The predicted molar refractivity (Wildman–Crippen MR) is 134 cm³/mol. The Hall–Kier alpha value is -1.73. The van der Waals surface area contributed by atoms with Gasteiger partial charge in [-0.05, 0) is 52.5 Å². The van der Waals surface area contributed by atoms with E-state index < -0.39 is 18.2 Å². The Labute approximate surface area is 195 Å². The topological polar surface area (TPSA) is 54.4 Å². The van der Waals surface area contributed by atoms with Crippen LogP contribution in [0.2, 0.25) is 5.04 Å². The van der Waals surface area contributed by atoms with Gasteiger partial charge in [-0.3, -0.25) is 0 Å². The molecule has 31 heavy (non-hydrogen) atoms. The summed E-state index contributed by atoms with van der Waals surface area (Å²) in [4.78, 5) is 12.5. The molecule has 3 nitrogen and oxygen atoms in total. The number of hydrogen-bond donors (Lipinski definition) is 1. The minimum Gasteiger partial charge on any atom is -0.424 e. The quantitative estimate of drug-likeness (QED) is 0.324. The van der Waals surface area contributed by atoms with Crippen molar-refractivity contribution < 1.29 is 13.2 Å². The highest BCUT2D eigenvalue weighted by Crippen LogP contribution is 2.40. The molecule has 0 atom stereocenters. The Morgan fingerprint density at radius 3 is 1.77 bits per heavy atom. The van der Waals surface area contributed by atoms with Crippen LogP contribution in [0.3, 0.4) is 0 Å². The van der Waals surface area contributed by atoms with Gasteiger partial charge >= 0.3 is 0 Å². The molecule has 0 unspecified atom stereocenters. The van der Waals surface area contributed by atoms with Crippen LogP contribution in [0.4, 0.5) is 0 Å². The summed E-state index contributed by atoms with van der Waals surface area (Å²) in [6.07, 6.45) is 2.04. The van der Waals surface area contributed by atoms with Crippen molar-refractivity contribution in [3.8, 4) is 0 Å². The lowest BCUT2D eigenvalue weighted by Crippen LogP contribution is -2.65. The summed E-state index contributed by atoms with van der Waals surface area (Å²) >= 11 is 3.34. The number of benzene rings is 3. The zero-order valence-electron chi connectivity index (χ0n) is 18.0. The van der Waals surface area contributed by atoms with Gasteiger partial charge in [-0.25, -0.2) is 8.42 Å². The van der Waals surface area contributed by atoms with Crippen LogP contribution in [0.25, 0.3) is 0 Å². The Kier molecular flexibility index (Phi) is 7.58. The van der Waals surface area contributed by atoms with Gasteiger partial charge in [0.05, 0.1) is 10.6 Å². The molecule has 3 aromatic rings. The van der Waals surface area contributed by atoms with E-state index in [4.69, 9.17) is 0 Å². The van der Waals surface area contributed by atoms with Crippen LogP contribution in [0, 0.1) is 0 Å². The minimum atomic E-state index is -3.31. The first-order chi connectivity index (χ1) is 14.7. The van der Waals surface area contributed by atoms with Crippen molar-refractivity contribution in [2.45, 2.75) is 43.0 Å². The Morgan fingerprint density at radius 2 is 1.29 bits per heavy atom. The second-order valence-corrected chi connectivity index (χ2v) is 15.5. The fourth-order valence-corrected chi connectivity index (χ4v) is 9.53. The van der Waals surface area contributed by atoms with E-state index in [9.17, 15) is 13.2 Å². The molecule has 1 N–H and O–H groups in total. The van der Waals surface area contributed by atoms with Crippen molar-refractivity contribution >= 4 is 44.5 Å². The first-order valence-corrected chi connectivity index (χ1v) is 14.9. The average Bonchev–Trinajstić information content (AvgIpc) is 2.77. The summed E-state index contributed by atoms with van der Waals surface area (Å²) in [7, 11) is -6.36. The maximum atomic E-state index is 12.7. The smallest absolute Gasteiger partial charge is 0.258 e. The van der Waals surface area contributed by atoms with E-state index in [0.29, 0.717) is 11.3 Å². The molecule has 0 aliphatic heterocycles. The van der Waals surface area contributed by atoms with Crippen molar-refractivity contribution in [3.05, 3.63) is 89.4 Å². The fraction of sp³-hybridized carbons (Fsp3) is 0.280. The Morgan fingerprint density at radius 1 is 0.806 bits per heavy atom. The van der Waals surface area contributed by atoms with Crippen molar-refractivity contribution in [1.82, 2.24) is 0 Å². The van der Waals surface area contributed by atoms with Gasteiger partial charge in [0, 0.05) is 4.47 Å². The lowest BCUT2D eigenvalue weighted by Gasteiger charge is -2.41. The maximum absolute atomic E-state index is 12.7. The van der Waals surface area contributed by atoms with Gasteiger partial charge in [-0.2, -0.15) is 0 Å². The number of sulfone groups is 1. The van der Waals surface area contributed by atoms with Crippen LogP contribution < -0.4 is 10.4 Å². The van der Waals surface area contributed by atoms with E-state index >= 15 is 0 Å². The highest BCUT2D eigenvalue weighted by Gasteiger charge is 2.49. The SMILES string of the molecule is CC(C)(CCCCS(=O)(=O)c1ccc(Br)cc1)[Si](O)(c1ccccc1)c1ccccc1. The lowest BCUT2D eigenvalue weighted by atomic mass is 10.1. The second-order valence-electron chi connectivity index (χ2n) is 8.56. The molecule has 3 rings (SSSR count). The van der Waals surface area contributed by atoms with Gasteiger partial charge in [0.25, 0.3) is 8.32 Å². The molecule has 0 amide bonds. The van der Waals surface area contributed by atoms with Gasteiger partial charge in [0.2, 0.25) is 0 Å². The largest absolute Gasteiger partial charge is 0.424 e. The zero-order chi connectivity index (χ0) is 22.5. The van der Waals surface area contributed by atoms with E-state index in [-0.39, 0.29) is 10.8 Å². The molecule has 0 aliphatic rings. The summed E-state index contributed by atoms with van der Waals surface area (Å²) in [6, 6.07) is 26.6. The molecule has 0 aliphatic carbocycles. The monoisotopic (exact) mass is 516 g/mol. The van der Waals surface area contributed by atoms with E-state index in [1.807, 2.05) is 60.7 Å². The summed E-state index contributed by atoms with van der Waals surface area (Å²) in [5.74, 6) is 0.112. The van der Waals surface area contributed by atoms with Crippen molar-refractivity contribution in [3.63, 3.8) is 0 Å². The normalized spacial score (nSPS) is 12.6. The molecule has 0 bridgehead atoms. The third-order valence-electron chi connectivity index (χ3n) is 6.00. The highest BCUT2D eigenvalue weighted by molar-refractivity contribution is 9.10. The van der Waals surface area contributed by atoms with Gasteiger partial charge in [-0.15, -0.1) is 0 Å². The average molecular weight is 518 g/mol. The molecule has 0 radical (unpaired) electrons. The third-order valence-corrected chi connectivity index (χ3v) is 12.9. The summed E-state index contributed by atoms with van der Waals surface area (Å²) in [6.45, 7) is 4.23. The minimum absolute atomic E-state index is 0.112. The first kappa shape index (κ1) is 23.9. The Bertz CT molecular complexity index is 1040. The molecule has 0 fully saturated rings. The maximum Gasteiger partial charge on any atom is 0.258 e. The van der Waals surface area contributed by atoms with Crippen LogP contribution in [-0.2, 0) is 9.84 Å². The van der Waals surface area contributed by atoms with Crippen LogP contribution in [0.5, 0.6) is 0 Å². The van der Waals surface area contributed by atoms with Crippen LogP contribution in [-0.4, -0.2) is 27.3 Å². The molecule has 3 aromatic carbocycles. The van der Waals surface area contributed by atoms with Crippen LogP contribution in [0.1, 0.15) is 33.1 Å². The lowest BCUT2D eigenvalue weighted by molar-refractivity contribution is 0.455. The summed E-state index contributed by atoms with van der Waals surface area (Å²) in [5, 5.41) is 1.60. The number of unbranched alkanes of at least 4 members (excludes halogenated alkanes) is 1. The van der Waals surface area contributed by atoms with Crippen molar-refractivity contribution in [2.75, 3.05) is 5.75 Å². The van der Waals surface area contributed by atoms with Gasteiger partial charge in [0.1, 0.15) is 0 Å². The van der Waals surface area contributed by atoms with E-state index in [0.717, 1.165) is 27.7 Å². The predicted octanol–water partition coefficient (Wildman–Crippen LogP) is 4.93. The number of rotatable bonds is 9. The second kappa shape index (κ2) is 9.82. The molecule has 6 heteroatoms. The van der Waals surface area contributed by atoms with Gasteiger partial charge < -0.3 is 4.80 Å². The van der Waals surface area contributed by atoms with Gasteiger partial charge in [0.15, 0.2) is 9.84 Å². The van der Waals surface area contributed by atoms with Crippen LogP contribution >= 0.6 is 15.9 Å². The third kappa shape index (κ3) is 5.37. The van der Waals surface area contributed by atoms with Crippen LogP contribution in [0.15, 0.2) is 94.3 Å². The molecule has 0 saturated carbocycles. The van der Waals surface area contributed by atoms with Crippen molar-refractivity contribution in [1.29, 1.82) is 0 Å². The van der Waals surface area contributed by atoms with Gasteiger partial charge in [-0.1, -0.05) is 96.9 Å². The molecule has 164 valence electrons. The molecular weight excluding hydrogens is 488 g/mol. The van der Waals surface area contributed by atoms with E-state index in [1.165, 1.54) is 0 Å².